The summed E-state index contributed by atoms with van der Waals surface area (Å²) in [7, 11) is 1.57. The molecule has 35 heavy (non-hydrogen) atoms. The van der Waals surface area contributed by atoms with Crippen LogP contribution in [0.5, 0.6) is 17.2 Å². The molecule has 0 saturated heterocycles. The Morgan fingerprint density at radius 1 is 1.00 bits per heavy atom. The number of phenols is 1. The molecular weight excluding hydrogens is 448 g/mol. The highest BCUT2D eigenvalue weighted by atomic mass is 16.5. The summed E-state index contributed by atoms with van der Waals surface area (Å²) < 4.78 is 16.5. The van der Waals surface area contributed by atoms with Crippen molar-refractivity contribution in [3.05, 3.63) is 89.0 Å². The average molecular weight is 477 g/mol. The third-order valence-electron chi connectivity index (χ3n) is 4.85. The second-order valence-corrected chi connectivity index (χ2v) is 8.12. The topological polar surface area (TPSA) is 106 Å². The summed E-state index contributed by atoms with van der Waals surface area (Å²) in [5.41, 5.74) is 4.80. The molecule has 0 aliphatic rings. The number of hydrazone groups is 1. The quantitative estimate of drug-likeness (QED) is 0.252. The van der Waals surface area contributed by atoms with Crippen LogP contribution >= 0.6 is 0 Å². The van der Waals surface area contributed by atoms with E-state index >= 15 is 0 Å². The number of nitrogens with one attached hydrogen (secondary N) is 1. The Balaban J connectivity index is 1.60. The lowest BCUT2D eigenvalue weighted by atomic mass is 10.1. The van der Waals surface area contributed by atoms with Gasteiger partial charge in [-0.15, -0.1) is 0 Å². The minimum Gasteiger partial charge on any atom is -0.508 e. The highest BCUT2D eigenvalue weighted by Crippen LogP contribution is 2.22. The molecule has 0 radical (unpaired) electrons. The monoisotopic (exact) mass is 476 g/mol. The van der Waals surface area contributed by atoms with Crippen LogP contribution in [0, 0.1) is 5.92 Å². The first-order valence-electron chi connectivity index (χ1n) is 11.0. The highest BCUT2D eigenvalue weighted by molar-refractivity contribution is 5.95. The number of aromatic hydroxyl groups is 1. The van der Waals surface area contributed by atoms with Crippen LogP contribution in [0.3, 0.4) is 0 Å². The minimum absolute atomic E-state index is 0.0816. The van der Waals surface area contributed by atoms with Gasteiger partial charge in [0.05, 0.1) is 25.5 Å². The molecule has 0 atom stereocenters. The Labute approximate surface area is 204 Å². The number of esters is 1. The summed E-state index contributed by atoms with van der Waals surface area (Å²) in [6.45, 7) is 4.55. The molecule has 1 amide bonds. The smallest absolute Gasteiger partial charge is 0.338 e. The first kappa shape index (κ1) is 25.3. The lowest BCUT2D eigenvalue weighted by Gasteiger charge is -2.12. The van der Waals surface area contributed by atoms with Gasteiger partial charge in [0.15, 0.2) is 0 Å². The largest absolute Gasteiger partial charge is 0.508 e. The zero-order valence-electron chi connectivity index (χ0n) is 19.9. The van der Waals surface area contributed by atoms with E-state index < -0.39 is 5.91 Å². The summed E-state index contributed by atoms with van der Waals surface area (Å²) in [4.78, 5) is 24.2. The summed E-state index contributed by atoms with van der Waals surface area (Å²) in [6, 6.07) is 18.0. The van der Waals surface area contributed by atoms with E-state index in [4.69, 9.17) is 14.2 Å². The Bertz CT molecular complexity index is 1170. The zero-order chi connectivity index (χ0) is 25.2. The van der Waals surface area contributed by atoms with E-state index in [0.717, 1.165) is 11.1 Å². The zero-order valence-corrected chi connectivity index (χ0v) is 19.9. The maximum atomic E-state index is 12.1. The molecule has 0 heterocycles. The van der Waals surface area contributed by atoms with Gasteiger partial charge in [-0.2, -0.15) is 5.10 Å². The van der Waals surface area contributed by atoms with Gasteiger partial charge in [0.25, 0.3) is 5.91 Å². The summed E-state index contributed by atoms with van der Waals surface area (Å²) >= 11 is 0. The fourth-order valence-corrected chi connectivity index (χ4v) is 3.01. The fourth-order valence-electron chi connectivity index (χ4n) is 3.01. The van der Waals surface area contributed by atoms with Crippen molar-refractivity contribution in [2.24, 2.45) is 11.0 Å². The van der Waals surface area contributed by atoms with Gasteiger partial charge in [-0.05, 0) is 78.2 Å². The van der Waals surface area contributed by atoms with E-state index in [0.29, 0.717) is 29.2 Å². The molecule has 0 aromatic heterocycles. The number of hydrogen-bond acceptors (Lipinski definition) is 7. The summed E-state index contributed by atoms with van der Waals surface area (Å²) in [5.74, 6) is 0.828. The van der Waals surface area contributed by atoms with Gasteiger partial charge in [0, 0.05) is 11.1 Å². The number of nitrogens with zero attached hydrogens (tertiary/aromatic N) is 1. The first-order chi connectivity index (χ1) is 16.9. The molecule has 0 fully saturated rings. The van der Waals surface area contributed by atoms with Crippen molar-refractivity contribution in [2.45, 2.75) is 20.5 Å². The van der Waals surface area contributed by atoms with Gasteiger partial charge in [0.1, 0.15) is 23.9 Å². The number of carbonyl (C=O) groups excluding carboxylic acids is 2. The van der Waals surface area contributed by atoms with Crippen LogP contribution in [0.25, 0.3) is 0 Å². The predicted molar refractivity (Wildman–Crippen MR) is 132 cm³/mol. The fraction of sp³-hybridized carbons (Fsp3) is 0.222. The van der Waals surface area contributed by atoms with Crippen LogP contribution < -0.4 is 14.9 Å². The molecule has 3 aromatic carbocycles. The maximum absolute atomic E-state index is 12.1. The number of rotatable bonds is 10. The Morgan fingerprint density at radius 3 is 2.34 bits per heavy atom. The number of methoxy groups -OCH3 is 1. The van der Waals surface area contributed by atoms with E-state index in [1.165, 1.54) is 30.5 Å². The molecule has 0 spiro atoms. The van der Waals surface area contributed by atoms with E-state index in [1.54, 1.807) is 43.5 Å². The van der Waals surface area contributed by atoms with Crippen molar-refractivity contribution < 1.29 is 28.9 Å². The van der Waals surface area contributed by atoms with E-state index in [-0.39, 0.29) is 24.2 Å². The number of carbonyl (C=O) groups is 2. The summed E-state index contributed by atoms with van der Waals surface area (Å²) in [5, 5.41) is 13.3. The van der Waals surface area contributed by atoms with Crippen LogP contribution in [-0.2, 0) is 11.3 Å². The average Bonchev–Trinajstić information content (AvgIpc) is 2.86. The number of benzene rings is 3. The normalized spacial score (nSPS) is 10.9. The SMILES string of the molecule is COc1ccc(C=NNC(=O)c2ccc(O)cc2)cc1COc1ccc(C(=O)OCC(C)C)cc1. The van der Waals surface area contributed by atoms with E-state index in [2.05, 4.69) is 10.5 Å². The molecule has 3 rings (SSSR count). The summed E-state index contributed by atoms with van der Waals surface area (Å²) in [6.07, 6.45) is 1.51. The standard InChI is InChI=1S/C27H28N2O6/c1-18(2)16-35-27(32)21-7-11-24(12-8-21)34-17-22-14-19(4-13-25(22)33-3)15-28-29-26(31)20-5-9-23(30)10-6-20/h4-15,18,30H,16-17H2,1-3H3,(H,29,31). The van der Waals surface area contributed by atoms with Crippen LogP contribution in [-0.4, -0.2) is 36.9 Å². The number of amides is 1. The van der Waals surface area contributed by atoms with Gasteiger partial charge in [-0.25, -0.2) is 10.2 Å². The molecule has 3 aromatic rings. The van der Waals surface area contributed by atoms with Gasteiger partial charge in [-0.3, -0.25) is 4.79 Å². The number of hydrogen-bond donors (Lipinski definition) is 2. The van der Waals surface area contributed by atoms with E-state index in [1.807, 2.05) is 19.9 Å². The van der Waals surface area contributed by atoms with E-state index in [9.17, 15) is 14.7 Å². The second kappa shape index (κ2) is 12.2. The van der Waals surface area contributed by atoms with Crippen molar-refractivity contribution in [2.75, 3.05) is 13.7 Å². The van der Waals surface area contributed by atoms with Gasteiger partial charge in [0.2, 0.25) is 0 Å². The van der Waals surface area contributed by atoms with Crippen molar-refractivity contribution >= 4 is 18.1 Å². The Kier molecular flexibility index (Phi) is 8.83. The van der Waals surface area contributed by atoms with Gasteiger partial charge in [-0.1, -0.05) is 13.8 Å². The lowest BCUT2D eigenvalue weighted by molar-refractivity contribution is 0.0459. The highest BCUT2D eigenvalue weighted by Gasteiger charge is 2.10. The number of phenolic OH excluding ortho intramolecular Hbond substituents is 1. The van der Waals surface area contributed by atoms with Crippen LogP contribution in [0.4, 0.5) is 0 Å². The first-order valence-corrected chi connectivity index (χ1v) is 11.0. The van der Waals surface area contributed by atoms with Crippen LogP contribution in [0.15, 0.2) is 71.8 Å². The minimum atomic E-state index is -0.394. The lowest BCUT2D eigenvalue weighted by Crippen LogP contribution is -2.17. The van der Waals surface area contributed by atoms with Crippen molar-refractivity contribution in [3.8, 4) is 17.2 Å². The molecule has 0 saturated carbocycles. The van der Waals surface area contributed by atoms with Gasteiger partial charge >= 0.3 is 5.97 Å². The predicted octanol–water partition coefficient (Wildman–Crippen LogP) is 4.56. The maximum Gasteiger partial charge on any atom is 0.338 e. The molecule has 0 bridgehead atoms. The van der Waals surface area contributed by atoms with Gasteiger partial charge < -0.3 is 19.3 Å². The molecule has 0 unspecified atom stereocenters. The molecule has 8 nitrogen and oxygen atoms in total. The molecule has 8 heteroatoms. The molecule has 182 valence electrons. The van der Waals surface area contributed by atoms with Crippen molar-refractivity contribution in [3.63, 3.8) is 0 Å². The number of ether oxygens (including phenoxy) is 3. The van der Waals surface area contributed by atoms with Crippen molar-refractivity contribution in [1.29, 1.82) is 0 Å². The third kappa shape index (κ3) is 7.60. The Hall–Kier alpha value is -4.33. The third-order valence-corrected chi connectivity index (χ3v) is 4.85. The molecular formula is C27H28N2O6. The van der Waals surface area contributed by atoms with Crippen LogP contribution in [0.2, 0.25) is 0 Å². The Morgan fingerprint density at radius 2 is 1.69 bits per heavy atom. The molecule has 0 aliphatic heterocycles. The molecule has 0 aliphatic carbocycles. The van der Waals surface area contributed by atoms with Crippen LogP contribution in [0.1, 0.15) is 45.7 Å². The molecule has 2 N–H and O–H groups in total. The van der Waals surface area contributed by atoms with Crippen molar-refractivity contribution in [1.82, 2.24) is 5.43 Å². The second-order valence-electron chi connectivity index (χ2n) is 8.12.